The van der Waals surface area contributed by atoms with Gasteiger partial charge in [-0.25, -0.2) is 4.79 Å². The van der Waals surface area contributed by atoms with Crippen LogP contribution < -0.4 is 9.47 Å². The molecule has 0 atom stereocenters. The lowest BCUT2D eigenvalue weighted by Crippen LogP contribution is -2.32. The third kappa shape index (κ3) is 5.70. The Labute approximate surface area is 232 Å². The number of amides is 2. The summed E-state index contributed by atoms with van der Waals surface area (Å²) in [5, 5.41) is 2.44. The highest BCUT2D eigenvalue weighted by molar-refractivity contribution is 8.18. The molecule has 38 heavy (non-hydrogen) atoms. The van der Waals surface area contributed by atoms with Gasteiger partial charge < -0.3 is 9.47 Å². The third-order valence-electron chi connectivity index (χ3n) is 5.74. The fraction of sp³-hybridized carbons (Fsp3) is 0.0690. The normalized spacial score (nSPS) is 14.4. The predicted molar refractivity (Wildman–Crippen MR) is 150 cm³/mol. The molecular formula is C29H19Cl2NO5S. The molecule has 0 radical (unpaired) electrons. The molecule has 0 spiro atoms. The van der Waals surface area contributed by atoms with E-state index in [1.807, 2.05) is 42.5 Å². The zero-order valence-corrected chi connectivity index (χ0v) is 22.1. The predicted octanol–water partition coefficient (Wildman–Crippen LogP) is 7.48. The Morgan fingerprint density at radius 2 is 1.61 bits per heavy atom. The van der Waals surface area contributed by atoms with Gasteiger partial charge >= 0.3 is 5.97 Å². The SMILES string of the molecule is O=C(Oc1ccc(Cl)cc1/C=C1\SC(=O)N(CCOc2cccc3ccccc23)C1=O)c1ccc(Cl)cc1. The van der Waals surface area contributed by atoms with Crippen LogP contribution in [0, 0.1) is 0 Å². The molecule has 0 aliphatic carbocycles. The molecular weight excluding hydrogens is 545 g/mol. The van der Waals surface area contributed by atoms with Gasteiger partial charge in [0.2, 0.25) is 0 Å². The van der Waals surface area contributed by atoms with Crippen LogP contribution in [0.2, 0.25) is 10.0 Å². The average molecular weight is 564 g/mol. The smallest absolute Gasteiger partial charge is 0.343 e. The van der Waals surface area contributed by atoms with Crippen LogP contribution in [0.4, 0.5) is 4.79 Å². The summed E-state index contributed by atoms with van der Waals surface area (Å²) < 4.78 is 11.5. The number of halogens is 2. The van der Waals surface area contributed by atoms with Crippen LogP contribution >= 0.6 is 35.0 Å². The first-order chi connectivity index (χ1) is 18.4. The first kappa shape index (κ1) is 25.9. The maximum atomic E-state index is 13.1. The Bertz CT molecular complexity index is 1580. The molecule has 4 aromatic rings. The summed E-state index contributed by atoms with van der Waals surface area (Å²) in [7, 11) is 0. The zero-order chi connectivity index (χ0) is 26.6. The molecule has 2 amide bonds. The molecule has 0 bridgehead atoms. The van der Waals surface area contributed by atoms with Gasteiger partial charge in [-0.1, -0.05) is 59.6 Å². The Morgan fingerprint density at radius 1 is 0.868 bits per heavy atom. The van der Waals surface area contributed by atoms with E-state index < -0.39 is 17.1 Å². The van der Waals surface area contributed by atoms with Crippen LogP contribution in [0.25, 0.3) is 16.8 Å². The lowest BCUT2D eigenvalue weighted by Gasteiger charge is -2.14. The number of esters is 1. The fourth-order valence-corrected chi connectivity index (χ4v) is 5.03. The second kappa shape index (κ2) is 11.3. The second-order valence-corrected chi connectivity index (χ2v) is 10.1. The van der Waals surface area contributed by atoms with Gasteiger partial charge in [-0.3, -0.25) is 14.5 Å². The Kier molecular flexibility index (Phi) is 7.69. The van der Waals surface area contributed by atoms with E-state index in [1.54, 1.807) is 36.4 Å². The third-order valence-corrected chi connectivity index (χ3v) is 7.13. The number of nitrogens with zero attached hydrogens (tertiary/aromatic N) is 1. The molecule has 0 saturated carbocycles. The van der Waals surface area contributed by atoms with Gasteiger partial charge in [0.15, 0.2) is 0 Å². The van der Waals surface area contributed by atoms with E-state index >= 15 is 0 Å². The van der Waals surface area contributed by atoms with E-state index in [4.69, 9.17) is 32.7 Å². The van der Waals surface area contributed by atoms with Gasteiger partial charge in [-0.2, -0.15) is 0 Å². The van der Waals surface area contributed by atoms with Crippen LogP contribution in [0.3, 0.4) is 0 Å². The molecule has 6 nitrogen and oxygen atoms in total. The maximum absolute atomic E-state index is 13.1. The lowest BCUT2D eigenvalue weighted by molar-refractivity contribution is -0.123. The van der Waals surface area contributed by atoms with Crippen molar-refractivity contribution in [3.8, 4) is 11.5 Å². The number of rotatable bonds is 7. The average Bonchev–Trinajstić information content (AvgIpc) is 3.18. The maximum Gasteiger partial charge on any atom is 0.343 e. The number of hydrogen-bond donors (Lipinski definition) is 0. The summed E-state index contributed by atoms with van der Waals surface area (Å²) in [5.74, 6) is -0.189. The first-order valence-electron chi connectivity index (χ1n) is 11.5. The van der Waals surface area contributed by atoms with E-state index in [0.717, 1.165) is 27.4 Å². The summed E-state index contributed by atoms with van der Waals surface area (Å²) in [5.41, 5.74) is 0.694. The molecule has 1 aliphatic heterocycles. The number of benzene rings is 4. The van der Waals surface area contributed by atoms with Gasteiger partial charge in [0.05, 0.1) is 17.0 Å². The van der Waals surface area contributed by atoms with Crippen molar-refractivity contribution < 1.29 is 23.9 Å². The monoisotopic (exact) mass is 563 g/mol. The molecule has 0 N–H and O–H groups in total. The minimum atomic E-state index is -0.600. The number of thioether (sulfide) groups is 1. The zero-order valence-electron chi connectivity index (χ0n) is 19.7. The minimum absolute atomic E-state index is 0.0825. The lowest BCUT2D eigenvalue weighted by atomic mass is 10.1. The van der Waals surface area contributed by atoms with Crippen molar-refractivity contribution in [2.45, 2.75) is 0 Å². The van der Waals surface area contributed by atoms with E-state index in [-0.39, 0.29) is 23.8 Å². The van der Waals surface area contributed by atoms with Crippen molar-refractivity contribution in [1.82, 2.24) is 4.90 Å². The first-order valence-corrected chi connectivity index (χ1v) is 13.1. The molecule has 1 saturated heterocycles. The van der Waals surface area contributed by atoms with Crippen molar-refractivity contribution in [2.24, 2.45) is 0 Å². The molecule has 190 valence electrons. The van der Waals surface area contributed by atoms with Crippen LogP contribution in [0.15, 0.2) is 89.8 Å². The summed E-state index contributed by atoms with van der Waals surface area (Å²) in [4.78, 5) is 39.6. The molecule has 0 aromatic heterocycles. The Balaban J connectivity index is 1.30. The van der Waals surface area contributed by atoms with Gasteiger partial charge in [-0.05, 0) is 71.8 Å². The van der Waals surface area contributed by atoms with Gasteiger partial charge in [0, 0.05) is 21.0 Å². The Hall–Kier alpha value is -3.78. The van der Waals surface area contributed by atoms with Gasteiger partial charge in [-0.15, -0.1) is 0 Å². The van der Waals surface area contributed by atoms with Crippen molar-refractivity contribution in [2.75, 3.05) is 13.2 Å². The van der Waals surface area contributed by atoms with Crippen LogP contribution in [0.1, 0.15) is 15.9 Å². The minimum Gasteiger partial charge on any atom is -0.491 e. The van der Waals surface area contributed by atoms with Gasteiger partial charge in [0.1, 0.15) is 18.1 Å². The van der Waals surface area contributed by atoms with Crippen molar-refractivity contribution in [3.63, 3.8) is 0 Å². The molecule has 1 aliphatic rings. The molecule has 1 fully saturated rings. The molecule has 4 aromatic carbocycles. The number of fused-ring (bicyclic) bond motifs is 1. The van der Waals surface area contributed by atoms with Crippen molar-refractivity contribution in [3.05, 3.63) is 111 Å². The largest absolute Gasteiger partial charge is 0.491 e. The number of carbonyl (C=O) groups is 3. The van der Waals surface area contributed by atoms with Gasteiger partial charge in [0.25, 0.3) is 11.1 Å². The number of carbonyl (C=O) groups excluding carboxylic acids is 3. The highest BCUT2D eigenvalue weighted by Gasteiger charge is 2.35. The van der Waals surface area contributed by atoms with Crippen molar-refractivity contribution >= 4 is 68.9 Å². The van der Waals surface area contributed by atoms with Crippen LogP contribution in [-0.2, 0) is 4.79 Å². The topological polar surface area (TPSA) is 72.9 Å². The highest BCUT2D eigenvalue weighted by atomic mass is 35.5. The van der Waals surface area contributed by atoms with Crippen molar-refractivity contribution in [1.29, 1.82) is 0 Å². The van der Waals surface area contributed by atoms with Crippen LogP contribution in [-0.4, -0.2) is 35.2 Å². The fourth-order valence-electron chi connectivity index (χ4n) is 3.87. The highest BCUT2D eigenvalue weighted by Crippen LogP contribution is 2.35. The Morgan fingerprint density at radius 3 is 2.42 bits per heavy atom. The van der Waals surface area contributed by atoms with E-state index in [0.29, 0.717) is 26.9 Å². The summed E-state index contributed by atoms with van der Waals surface area (Å²) in [6.07, 6.45) is 1.49. The summed E-state index contributed by atoms with van der Waals surface area (Å²) in [6.45, 7) is 0.222. The second-order valence-electron chi connectivity index (χ2n) is 8.24. The van der Waals surface area contributed by atoms with E-state index in [1.165, 1.54) is 12.1 Å². The summed E-state index contributed by atoms with van der Waals surface area (Å²) >= 11 is 12.9. The number of imide groups is 1. The molecule has 1 heterocycles. The molecule has 0 unspecified atom stereocenters. The van der Waals surface area contributed by atoms with E-state index in [2.05, 4.69) is 0 Å². The number of ether oxygens (including phenoxy) is 2. The molecule has 5 rings (SSSR count). The van der Waals surface area contributed by atoms with Crippen LogP contribution in [0.5, 0.6) is 11.5 Å². The summed E-state index contributed by atoms with van der Waals surface area (Å²) in [6, 6.07) is 24.5. The quantitative estimate of drug-likeness (QED) is 0.132. The standard InChI is InChI=1S/C29H19Cl2NO5S/c30-21-10-8-19(9-11-21)28(34)37-24-13-12-22(31)16-20(24)17-26-27(33)32(29(35)38-26)14-15-36-25-7-3-5-18-4-1-2-6-23(18)25/h1-13,16-17H,14-15H2/b26-17-. The number of hydrogen-bond acceptors (Lipinski definition) is 6. The van der Waals surface area contributed by atoms with E-state index in [9.17, 15) is 14.4 Å². The molecule has 9 heteroatoms.